The second-order valence-electron chi connectivity index (χ2n) is 9.12. The highest BCUT2D eigenvalue weighted by Crippen LogP contribution is 2.32. The molecular weight excluding hydrogens is 481 g/mol. The summed E-state index contributed by atoms with van der Waals surface area (Å²) in [6, 6.07) is 7.08. The molecule has 1 fully saturated rings. The van der Waals surface area contributed by atoms with Crippen molar-refractivity contribution in [3.63, 3.8) is 0 Å². The standard InChI is InChI=1S/C27H33F3N6O/c1-4-22(36-15-13-35(3)14-16-36)11-9-19(2)33-26-32-18-23(27(28,29)30)24(34-26)12-10-20-7-5-6-8-21(20)17-25(31)37/h4-9,11,18,22H,1,10,12-17H2,2-3H3,(H2,31,37)/b11-9-,33-19?. The number of carbonyl (C=O) groups is 1. The summed E-state index contributed by atoms with van der Waals surface area (Å²) in [6.45, 7) is 9.46. The van der Waals surface area contributed by atoms with Gasteiger partial charge >= 0.3 is 6.18 Å². The smallest absolute Gasteiger partial charge is 0.369 e. The largest absolute Gasteiger partial charge is 0.419 e. The summed E-state index contributed by atoms with van der Waals surface area (Å²) in [6.07, 6.45) is 2.11. The van der Waals surface area contributed by atoms with Gasteiger partial charge in [0.25, 0.3) is 0 Å². The van der Waals surface area contributed by atoms with Crippen LogP contribution in [0.1, 0.15) is 29.3 Å². The topological polar surface area (TPSA) is 87.7 Å². The van der Waals surface area contributed by atoms with Gasteiger partial charge in [-0.2, -0.15) is 13.2 Å². The number of rotatable bonds is 10. The van der Waals surface area contributed by atoms with Gasteiger partial charge in [0.2, 0.25) is 11.9 Å². The van der Waals surface area contributed by atoms with Crippen molar-refractivity contribution in [3.05, 3.63) is 77.7 Å². The molecule has 2 aromatic rings. The predicted octanol–water partition coefficient (Wildman–Crippen LogP) is 3.76. The maximum Gasteiger partial charge on any atom is 0.419 e. The molecule has 1 aliphatic rings. The highest BCUT2D eigenvalue weighted by molar-refractivity contribution is 5.94. The van der Waals surface area contributed by atoms with Crippen LogP contribution < -0.4 is 5.73 Å². The molecule has 1 aromatic heterocycles. The van der Waals surface area contributed by atoms with Crippen molar-refractivity contribution < 1.29 is 18.0 Å². The first-order valence-electron chi connectivity index (χ1n) is 12.1. The molecule has 1 aromatic carbocycles. The SMILES string of the molecule is C=CC(/C=C\C(C)=Nc1ncc(C(F)(F)F)c(CCc2ccccc2CC(N)=O)n1)N1CCN(C)CC1. The molecule has 37 heavy (non-hydrogen) atoms. The van der Waals surface area contributed by atoms with E-state index in [4.69, 9.17) is 5.73 Å². The van der Waals surface area contributed by atoms with E-state index >= 15 is 0 Å². The molecular formula is C27H33F3N6O. The highest BCUT2D eigenvalue weighted by Gasteiger charge is 2.34. The van der Waals surface area contributed by atoms with Crippen LogP contribution in [-0.4, -0.2) is 70.7 Å². The molecule has 2 N–H and O–H groups in total. The zero-order valence-electron chi connectivity index (χ0n) is 21.2. The predicted molar refractivity (Wildman–Crippen MR) is 139 cm³/mol. The number of benzene rings is 1. The molecule has 1 unspecified atom stereocenters. The number of primary amides is 1. The van der Waals surface area contributed by atoms with Crippen LogP contribution in [0.5, 0.6) is 0 Å². The van der Waals surface area contributed by atoms with Gasteiger partial charge < -0.3 is 10.6 Å². The zero-order chi connectivity index (χ0) is 27.0. The molecule has 0 aliphatic carbocycles. The Balaban J connectivity index is 1.79. The number of piperazine rings is 1. The Hall–Kier alpha value is -3.37. The van der Waals surface area contributed by atoms with Crippen LogP contribution >= 0.6 is 0 Å². The Bertz CT molecular complexity index is 1150. The summed E-state index contributed by atoms with van der Waals surface area (Å²) in [5.74, 6) is -0.540. The summed E-state index contributed by atoms with van der Waals surface area (Å²) in [4.78, 5) is 28.3. The number of allylic oxidation sites excluding steroid dienone is 1. The number of nitrogens with two attached hydrogens (primary N) is 1. The highest BCUT2D eigenvalue weighted by atomic mass is 19.4. The van der Waals surface area contributed by atoms with Crippen LogP contribution in [0.4, 0.5) is 19.1 Å². The van der Waals surface area contributed by atoms with E-state index in [1.54, 1.807) is 31.2 Å². The fourth-order valence-electron chi connectivity index (χ4n) is 4.20. The molecule has 1 saturated heterocycles. The van der Waals surface area contributed by atoms with E-state index in [0.717, 1.165) is 37.9 Å². The van der Waals surface area contributed by atoms with Crippen LogP contribution in [0, 0.1) is 0 Å². The summed E-state index contributed by atoms with van der Waals surface area (Å²) >= 11 is 0. The van der Waals surface area contributed by atoms with E-state index in [9.17, 15) is 18.0 Å². The van der Waals surface area contributed by atoms with Gasteiger partial charge in [0.1, 0.15) is 0 Å². The lowest BCUT2D eigenvalue weighted by molar-refractivity contribution is -0.138. The zero-order valence-corrected chi connectivity index (χ0v) is 21.2. The first-order chi connectivity index (χ1) is 17.6. The molecule has 1 aliphatic heterocycles. The normalized spacial score (nSPS) is 16.7. The quantitative estimate of drug-likeness (QED) is 0.385. The Morgan fingerprint density at radius 2 is 1.86 bits per heavy atom. The van der Waals surface area contributed by atoms with E-state index in [-0.39, 0.29) is 36.9 Å². The average Bonchev–Trinajstić information content (AvgIpc) is 2.84. The first kappa shape index (κ1) is 28.2. The van der Waals surface area contributed by atoms with E-state index < -0.39 is 17.6 Å². The van der Waals surface area contributed by atoms with Gasteiger partial charge in [-0.05, 0) is 44.0 Å². The number of aromatic nitrogens is 2. The molecule has 0 spiro atoms. The number of halogens is 3. The number of amides is 1. The lowest BCUT2D eigenvalue weighted by Gasteiger charge is -2.35. The lowest BCUT2D eigenvalue weighted by atomic mass is 9.98. The number of nitrogens with zero attached hydrogens (tertiary/aromatic N) is 5. The number of hydrogen-bond donors (Lipinski definition) is 1. The third kappa shape index (κ3) is 8.33. The van der Waals surface area contributed by atoms with Gasteiger partial charge in [-0.3, -0.25) is 9.69 Å². The molecule has 2 heterocycles. The summed E-state index contributed by atoms with van der Waals surface area (Å²) in [5, 5.41) is 0. The fourth-order valence-corrected chi connectivity index (χ4v) is 4.20. The number of aliphatic imine (C=N–C) groups is 1. The molecule has 7 nitrogen and oxygen atoms in total. The van der Waals surface area contributed by atoms with Crippen molar-refractivity contribution in [2.24, 2.45) is 10.7 Å². The Kier molecular flexibility index (Phi) is 9.71. The van der Waals surface area contributed by atoms with Gasteiger partial charge in [-0.1, -0.05) is 36.4 Å². The van der Waals surface area contributed by atoms with Crippen molar-refractivity contribution in [1.29, 1.82) is 0 Å². The fraction of sp³-hybridized carbons (Fsp3) is 0.407. The molecule has 1 amide bonds. The van der Waals surface area contributed by atoms with Gasteiger partial charge in [-0.15, -0.1) is 6.58 Å². The monoisotopic (exact) mass is 514 g/mol. The molecule has 10 heteroatoms. The maximum atomic E-state index is 13.7. The van der Waals surface area contributed by atoms with Crippen molar-refractivity contribution in [2.45, 2.75) is 38.4 Å². The van der Waals surface area contributed by atoms with E-state index in [2.05, 4.69) is 38.4 Å². The van der Waals surface area contributed by atoms with E-state index in [0.29, 0.717) is 11.3 Å². The summed E-state index contributed by atoms with van der Waals surface area (Å²) < 4.78 is 41.0. The van der Waals surface area contributed by atoms with Crippen LogP contribution in [0.3, 0.4) is 0 Å². The Labute approximate surface area is 215 Å². The lowest BCUT2D eigenvalue weighted by Crippen LogP contribution is -2.47. The average molecular weight is 515 g/mol. The second kappa shape index (κ2) is 12.7. The van der Waals surface area contributed by atoms with Crippen LogP contribution in [0.25, 0.3) is 0 Å². The van der Waals surface area contributed by atoms with Crippen molar-refractivity contribution in [1.82, 2.24) is 19.8 Å². The number of alkyl halides is 3. The van der Waals surface area contributed by atoms with Gasteiger partial charge in [0, 0.05) is 44.1 Å². The van der Waals surface area contributed by atoms with Crippen LogP contribution in [0.2, 0.25) is 0 Å². The van der Waals surface area contributed by atoms with Gasteiger partial charge in [0.05, 0.1) is 17.7 Å². The maximum absolute atomic E-state index is 13.7. The van der Waals surface area contributed by atoms with Crippen molar-refractivity contribution in [2.75, 3.05) is 33.2 Å². The number of likely N-dealkylation sites (N-methyl/N-ethyl adjacent to an activating group) is 1. The minimum Gasteiger partial charge on any atom is -0.369 e. The van der Waals surface area contributed by atoms with Gasteiger partial charge in [-0.25, -0.2) is 15.0 Å². The summed E-state index contributed by atoms with van der Waals surface area (Å²) in [7, 11) is 2.09. The van der Waals surface area contributed by atoms with E-state index in [1.165, 1.54) is 0 Å². The molecule has 0 saturated carbocycles. The number of hydrogen-bond acceptors (Lipinski definition) is 6. The summed E-state index contributed by atoms with van der Waals surface area (Å²) in [5.41, 5.74) is 6.27. The third-order valence-corrected chi connectivity index (χ3v) is 6.29. The van der Waals surface area contributed by atoms with Gasteiger partial charge in [0.15, 0.2) is 0 Å². The second-order valence-corrected chi connectivity index (χ2v) is 9.12. The van der Waals surface area contributed by atoms with Crippen molar-refractivity contribution >= 4 is 17.6 Å². The minimum atomic E-state index is -4.60. The Morgan fingerprint density at radius 1 is 1.19 bits per heavy atom. The molecule has 0 radical (unpaired) electrons. The number of aryl methyl sites for hydroxylation is 2. The molecule has 0 bridgehead atoms. The van der Waals surface area contributed by atoms with Crippen LogP contribution in [-0.2, 0) is 30.2 Å². The van der Waals surface area contributed by atoms with Crippen molar-refractivity contribution in [3.8, 4) is 0 Å². The molecule has 1 atom stereocenters. The minimum absolute atomic E-state index is 0.00644. The third-order valence-electron chi connectivity index (χ3n) is 6.29. The van der Waals surface area contributed by atoms with E-state index in [1.807, 2.05) is 18.2 Å². The van der Waals surface area contributed by atoms with Crippen LogP contribution in [0.15, 0.2) is 60.3 Å². The molecule has 3 rings (SSSR count). The number of carbonyl (C=O) groups excluding carboxylic acids is 1. The Morgan fingerprint density at radius 3 is 2.49 bits per heavy atom. The first-order valence-corrected chi connectivity index (χ1v) is 12.1. The molecule has 198 valence electrons.